The Balaban J connectivity index is 1.83. The Morgan fingerprint density at radius 3 is 2.86 bits per heavy atom. The van der Waals surface area contributed by atoms with Crippen LogP contribution in [0.2, 0.25) is 0 Å². The molecule has 0 atom stereocenters. The summed E-state index contributed by atoms with van der Waals surface area (Å²) in [7, 11) is -3.68. The minimum absolute atomic E-state index is 0.202. The number of aromatic nitrogens is 2. The predicted octanol–water partition coefficient (Wildman–Crippen LogP) is 2.35. The van der Waals surface area contributed by atoms with Crippen LogP contribution in [-0.2, 0) is 16.6 Å². The number of nitrogens with zero attached hydrogens (tertiary/aromatic N) is 2. The number of hydrogen-bond acceptors (Lipinski definition) is 6. The van der Waals surface area contributed by atoms with Crippen molar-refractivity contribution in [1.82, 2.24) is 15.5 Å². The van der Waals surface area contributed by atoms with Gasteiger partial charge in [-0.2, -0.15) is 0 Å². The van der Waals surface area contributed by atoms with Crippen LogP contribution in [0.3, 0.4) is 0 Å². The zero-order valence-electron chi connectivity index (χ0n) is 10.9. The maximum Gasteiger partial charge on any atom is 0.264 e. The molecular weight excluding hydrogens is 376 g/mol. The van der Waals surface area contributed by atoms with Gasteiger partial charge < -0.3 is 5.32 Å². The van der Waals surface area contributed by atoms with Gasteiger partial charge in [0.05, 0.1) is 0 Å². The number of hydrogen-bond donors (Lipinski definition) is 2. The molecule has 9 heteroatoms. The van der Waals surface area contributed by atoms with E-state index in [2.05, 4.69) is 36.2 Å². The molecule has 2 N–H and O–H groups in total. The van der Waals surface area contributed by atoms with Crippen molar-refractivity contribution in [2.75, 3.05) is 4.72 Å². The SMILES string of the molecule is O=S(=O)(Nc1nncs1)c1cc(CNC2CC2)ccc1Br. The summed E-state index contributed by atoms with van der Waals surface area (Å²) in [4.78, 5) is 0.202. The summed E-state index contributed by atoms with van der Waals surface area (Å²) in [5, 5.41) is 10.9. The maximum absolute atomic E-state index is 12.4. The molecule has 1 fully saturated rings. The van der Waals surface area contributed by atoms with E-state index in [4.69, 9.17) is 0 Å². The van der Waals surface area contributed by atoms with Gasteiger partial charge in [-0.25, -0.2) is 8.42 Å². The molecular formula is C12H13BrN4O2S2. The number of rotatable bonds is 6. The zero-order chi connectivity index (χ0) is 14.9. The molecule has 0 amide bonds. The molecule has 0 radical (unpaired) electrons. The minimum Gasteiger partial charge on any atom is -0.310 e. The van der Waals surface area contributed by atoms with Crippen LogP contribution < -0.4 is 10.0 Å². The largest absolute Gasteiger partial charge is 0.310 e. The minimum atomic E-state index is -3.68. The first-order valence-corrected chi connectivity index (χ1v) is 9.51. The van der Waals surface area contributed by atoms with Gasteiger partial charge in [-0.05, 0) is 46.5 Å². The summed E-state index contributed by atoms with van der Waals surface area (Å²) in [5.74, 6) is 0. The van der Waals surface area contributed by atoms with Crippen LogP contribution in [-0.4, -0.2) is 24.7 Å². The van der Waals surface area contributed by atoms with E-state index in [0.29, 0.717) is 17.1 Å². The number of sulfonamides is 1. The van der Waals surface area contributed by atoms with Crippen LogP contribution >= 0.6 is 27.3 Å². The van der Waals surface area contributed by atoms with Gasteiger partial charge >= 0.3 is 0 Å². The Kier molecular flexibility index (Phi) is 4.25. The Morgan fingerprint density at radius 1 is 1.38 bits per heavy atom. The summed E-state index contributed by atoms with van der Waals surface area (Å²) in [5.41, 5.74) is 2.41. The number of nitrogens with one attached hydrogen (secondary N) is 2. The first-order chi connectivity index (χ1) is 10.0. The molecule has 1 aliphatic rings. The van der Waals surface area contributed by atoms with Gasteiger partial charge in [0.15, 0.2) is 0 Å². The van der Waals surface area contributed by atoms with Crippen molar-refractivity contribution in [2.45, 2.75) is 30.3 Å². The molecule has 21 heavy (non-hydrogen) atoms. The Labute approximate surface area is 135 Å². The summed E-state index contributed by atoms with van der Waals surface area (Å²) in [6.07, 6.45) is 2.39. The number of halogens is 1. The van der Waals surface area contributed by atoms with E-state index < -0.39 is 10.0 Å². The van der Waals surface area contributed by atoms with Crippen molar-refractivity contribution in [3.05, 3.63) is 33.7 Å². The highest BCUT2D eigenvalue weighted by Crippen LogP contribution is 2.26. The highest BCUT2D eigenvalue weighted by atomic mass is 79.9. The molecule has 0 spiro atoms. The lowest BCUT2D eigenvalue weighted by Gasteiger charge is -2.10. The average Bonchev–Trinajstić information content (AvgIpc) is 3.14. The molecule has 1 heterocycles. The molecule has 0 bridgehead atoms. The quantitative estimate of drug-likeness (QED) is 0.793. The summed E-state index contributed by atoms with van der Waals surface area (Å²) >= 11 is 4.43. The molecule has 1 saturated carbocycles. The first-order valence-electron chi connectivity index (χ1n) is 6.35. The molecule has 2 aromatic rings. The molecule has 1 aliphatic carbocycles. The fourth-order valence-corrected chi connectivity index (χ4v) is 4.51. The summed E-state index contributed by atoms with van der Waals surface area (Å²) in [6, 6.07) is 5.90. The van der Waals surface area contributed by atoms with E-state index >= 15 is 0 Å². The van der Waals surface area contributed by atoms with Crippen molar-refractivity contribution >= 4 is 42.4 Å². The van der Waals surface area contributed by atoms with Gasteiger partial charge in [0.2, 0.25) is 5.13 Å². The molecule has 3 rings (SSSR count). The van der Waals surface area contributed by atoms with Crippen LogP contribution in [0.15, 0.2) is 33.1 Å². The highest BCUT2D eigenvalue weighted by molar-refractivity contribution is 9.10. The number of anilines is 1. The molecule has 0 unspecified atom stereocenters. The fraction of sp³-hybridized carbons (Fsp3) is 0.333. The number of benzene rings is 1. The third kappa shape index (κ3) is 3.79. The van der Waals surface area contributed by atoms with E-state index in [1.807, 2.05) is 6.07 Å². The second-order valence-electron chi connectivity index (χ2n) is 4.77. The Bertz CT molecular complexity index is 730. The van der Waals surface area contributed by atoms with E-state index in [9.17, 15) is 8.42 Å². The smallest absolute Gasteiger partial charge is 0.264 e. The second kappa shape index (κ2) is 5.99. The zero-order valence-corrected chi connectivity index (χ0v) is 14.1. The average molecular weight is 389 g/mol. The van der Waals surface area contributed by atoms with Gasteiger partial charge in [0, 0.05) is 17.1 Å². The topological polar surface area (TPSA) is 84.0 Å². The highest BCUT2D eigenvalue weighted by Gasteiger charge is 2.22. The normalized spacial score (nSPS) is 15.1. The lowest BCUT2D eigenvalue weighted by atomic mass is 10.2. The Morgan fingerprint density at radius 2 is 2.19 bits per heavy atom. The Hall–Kier alpha value is -1.03. The molecule has 1 aromatic heterocycles. The van der Waals surface area contributed by atoms with E-state index in [0.717, 1.165) is 16.9 Å². The van der Waals surface area contributed by atoms with Crippen molar-refractivity contribution in [2.24, 2.45) is 0 Å². The molecule has 1 aromatic carbocycles. The first kappa shape index (κ1) is 14.9. The van der Waals surface area contributed by atoms with Crippen molar-refractivity contribution < 1.29 is 8.42 Å². The van der Waals surface area contributed by atoms with Gasteiger partial charge in [-0.1, -0.05) is 17.4 Å². The van der Waals surface area contributed by atoms with E-state index in [1.54, 1.807) is 12.1 Å². The van der Waals surface area contributed by atoms with Gasteiger partial charge in [-0.3, -0.25) is 4.72 Å². The molecule has 6 nitrogen and oxygen atoms in total. The molecule has 0 aliphatic heterocycles. The summed E-state index contributed by atoms with van der Waals surface area (Å²) in [6.45, 7) is 0.666. The lowest BCUT2D eigenvalue weighted by molar-refractivity contribution is 0.600. The third-order valence-electron chi connectivity index (χ3n) is 3.04. The van der Waals surface area contributed by atoms with Crippen LogP contribution in [0.1, 0.15) is 18.4 Å². The van der Waals surface area contributed by atoms with Crippen LogP contribution in [0.5, 0.6) is 0 Å². The third-order valence-corrected chi connectivity index (χ3v) is 6.11. The van der Waals surface area contributed by atoms with E-state index in [-0.39, 0.29) is 10.0 Å². The standard InChI is InChI=1S/C12H13BrN4O2S2/c13-10-4-1-8(6-14-9-2-3-9)5-11(10)21(18,19)17-12-16-15-7-20-12/h1,4-5,7,9,14H,2-3,6H2,(H,16,17). The van der Waals surface area contributed by atoms with E-state index in [1.165, 1.54) is 18.4 Å². The van der Waals surface area contributed by atoms with Gasteiger partial charge in [0.1, 0.15) is 10.4 Å². The lowest BCUT2D eigenvalue weighted by Crippen LogP contribution is -2.17. The molecule has 0 saturated heterocycles. The second-order valence-corrected chi connectivity index (χ2v) is 8.11. The maximum atomic E-state index is 12.4. The summed E-state index contributed by atoms with van der Waals surface area (Å²) < 4.78 is 27.8. The monoisotopic (exact) mass is 388 g/mol. The predicted molar refractivity (Wildman–Crippen MR) is 84.7 cm³/mol. The van der Waals surface area contributed by atoms with Crippen molar-refractivity contribution in [1.29, 1.82) is 0 Å². The van der Waals surface area contributed by atoms with Crippen LogP contribution in [0.4, 0.5) is 5.13 Å². The van der Waals surface area contributed by atoms with Gasteiger partial charge in [-0.15, -0.1) is 10.2 Å². The van der Waals surface area contributed by atoms with Crippen molar-refractivity contribution in [3.63, 3.8) is 0 Å². The van der Waals surface area contributed by atoms with Crippen molar-refractivity contribution in [3.8, 4) is 0 Å². The van der Waals surface area contributed by atoms with Crippen LogP contribution in [0.25, 0.3) is 0 Å². The molecule has 112 valence electrons. The fourth-order valence-electron chi connectivity index (χ4n) is 1.80. The van der Waals surface area contributed by atoms with Gasteiger partial charge in [0.25, 0.3) is 10.0 Å². The van der Waals surface area contributed by atoms with Crippen LogP contribution in [0, 0.1) is 0 Å².